The second kappa shape index (κ2) is 7.95. The summed E-state index contributed by atoms with van der Waals surface area (Å²) in [5.74, 6) is 0. The van der Waals surface area contributed by atoms with Gasteiger partial charge in [-0.25, -0.2) is 4.79 Å². The van der Waals surface area contributed by atoms with E-state index in [9.17, 15) is 4.79 Å². The zero-order valence-corrected chi connectivity index (χ0v) is 14.2. The van der Waals surface area contributed by atoms with Gasteiger partial charge in [-0.15, -0.1) is 0 Å². The van der Waals surface area contributed by atoms with Gasteiger partial charge >= 0.3 is 6.03 Å². The van der Waals surface area contributed by atoms with Crippen molar-refractivity contribution in [1.29, 1.82) is 0 Å². The van der Waals surface area contributed by atoms with E-state index in [2.05, 4.69) is 41.5 Å². The van der Waals surface area contributed by atoms with Crippen LogP contribution in [0.25, 0.3) is 0 Å². The Morgan fingerprint density at radius 2 is 1.54 bits per heavy atom. The SMILES string of the molecule is Cc1ccc(C(NC(=O)N2CCCCCC2)c2ccncc2)cc1. The van der Waals surface area contributed by atoms with Gasteiger partial charge in [-0.1, -0.05) is 42.7 Å². The molecule has 4 heteroatoms. The summed E-state index contributed by atoms with van der Waals surface area (Å²) in [5.41, 5.74) is 3.36. The summed E-state index contributed by atoms with van der Waals surface area (Å²) < 4.78 is 0. The first-order valence-electron chi connectivity index (χ1n) is 8.76. The number of pyridine rings is 1. The summed E-state index contributed by atoms with van der Waals surface area (Å²) in [6.07, 6.45) is 8.17. The average Bonchev–Trinajstić information content (AvgIpc) is 2.91. The lowest BCUT2D eigenvalue weighted by Gasteiger charge is -2.26. The van der Waals surface area contributed by atoms with Gasteiger partial charge in [-0.3, -0.25) is 4.98 Å². The fourth-order valence-electron chi connectivity index (χ4n) is 3.16. The van der Waals surface area contributed by atoms with Crippen molar-refractivity contribution in [2.45, 2.75) is 38.6 Å². The predicted octanol–water partition coefficient (Wildman–Crippen LogP) is 4.07. The topological polar surface area (TPSA) is 45.2 Å². The maximum Gasteiger partial charge on any atom is 0.318 e. The van der Waals surface area contributed by atoms with E-state index in [1.807, 2.05) is 17.0 Å². The van der Waals surface area contributed by atoms with Gasteiger partial charge in [-0.2, -0.15) is 0 Å². The smallest absolute Gasteiger partial charge is 0.318 e. The minimum Gasteiger partial charge on any atom is -0.327 e. The molecular formula is C20H25N3O. The van der Waals surface area contributed by atoms with Crippen molar-refractivity contribution in [3.8, 4) is 0 Å². The number of likely N-dealkylation sites (tertiary alicyclic amines) is 1. The van der Waals surface area contributed by atoms with Crippen LogP contribution in [0, 0.1) is 6.92 Å². The molecule has 24 heavy (non-hydrogen) atoms. The average molecular weight is 323 g/mol. The van der Waals surface area contributed by atoms with E-state index < -0.39 is 0 Å². The third-order valence-electron chi connectivity index (χ3n) is 4.61. The molecule has 3 rings (SSSR count). The summed E-state index contributed by atoms with van der Waals surface area (Å²) in [4.78, 5) is 18.8. The molecule has 1 atom stereocenters. The molecule has 1 unspecified atom stereocenters. The van der Waals surface area contributed by atoms with Crippen LogP contribution in [0.4, 0.5) is 4.79 Å². The monoisotopic (exact) mass is 323 g/mol. The van der Waals surface area contributed by atoms with Crippen molar-refractivity contribution in [1.82, 2.24) is 15.2 Å². The molecule has 0 bridgehead atoms. The molecule has 0 radical (unpaired) electrons. The number of carbonyl (C=O) groups excluding carboxylic acids is 1. The highest BCUT2D eigenvalue weighted by atomic mass is 16.2. The zero-order valence-electron chi connectivity index (χ0n) is 14.2. The zero-order chi connectivity index (χ0) is 16.8. The number of carbonyl (C=O) groups is 1. The number of hydrogen-bond donors (Lipinski definition) is 1. The number of benzene rings is 1. The Balaban J connectivity index is 1.82. The summed E-state index contributed by atoms with van der Waals surface area (Å²) in [6.45, 7) is 3.77. The van der Waals surface area contributed by atoms with Gasteiger partial charge in [0.1, 0.15) is 0 Å². The molecule has 4 nitrogen and oxygen atoms in total. The molecule has 0 spiro atoms. The van der Waals surface area contributed by atoms with Crippen molar-refractivity contribution in [3.05, 3.63) is 65.5 Å². The van der Waals surface area contributed by atoms with Gasteiger partial charge in [-0.05, 0) is 43.0 Å². The molecule has 1 N–H and O–H groups in total. The van der Waals surface area contributed by atoms with Crippen LogP contribution >= 0.6 is 0 Å². The normalized spacial score (nSPS) is 16.3. The number of nitrogens with zero attached hydrogens (tertiary/aromatic N) is 2. The van der Waals surface area contributed by atoms with Crippen molar-refractivity contribution in [2.75, 3.05) is 13.1 Å². The highest BCUT2D eigenvalue weighted by Crippen LogP contribution is 2.23. The van der Waals surface area contributed by atoms with E-state index >= 15 is 0 Å². The Kier molecular flexibility index (Phi) is 5.47. The molecule has 0 aliphatic carbocycles. The van der Waals surface area contributed by atoms with Crippen LogP contribution in [0.5, 0.6) is 0 Å². The highest BCUT2D eigenvalue weighted by Gasteiger charge is 2.21. The number of urea groups is 1. The number of hydrogen-bond acceptors (Lipinski definition) is 2. The van der Waals surface area contributed by atoms with Gasteiger partial charge in [0.2, 0.25) is 0 Å². The molecule has 1 aromatic carbocycles. The molecule has 1 fully saturated rings. The van der Waals surface area contributed by atoms with Crippen LogP contribution in [0.15, 0.2) is 48.8 Å². The van der Waals surface area contributed by atoms with Gasteiger partial charge in [0.05, 0.1) is 6.04 Å². The van der Waals surface area contributed by atoms with Crippen molar-refractivity contribution >= 4 is 6.03 Å². The summed E-state index contributed by atoms with van der Waals surface area (Å²) >= 11 is 0. The van der Waals surface area contributed by atoms with Crippen molar-refractivity contribution < 1.29 is 4.79 Å². The number of aryl methyl sites for hydroxylation is 1. The quantitative estimate of drug-likeness (QED) is 0.925. The minimum absolute atomic E-state index is 0.0271. The molecule has 1 aromatic heterocycles. The second-order valence-electron chi connectivity index (χ2n) is 6.47. The lowest BCUT2D eigenvalue weighted by molar-refractivity contribution is 0.197. The fraction of sp³-hybridized carbons (Fsp3) is 0.400. The second-order valence-corrected chi connectivity index (χ2v) is 6.47. The van der Waals surface area contributed by atoms with E-state index in [1.54, 1.807) is 12.4 Å². The van der Waals surface area contributed by atoms with Gasteiger partial charge in [0.15, 0.2) is 0 Å². The molecule has 2 amide bonds. The van der Waals surface area contributed by atoms with E-state index in [1.165, 1.54) is 18.4 Å². The lowest BCUT2D eigenvalue weighted by Crippen LogP contribution is -2.42. The van der Waals surface area contributed by atoms with Crippen molar-refractivity contribution in [2.24, 2.45) is 0 Å². The summed E-state index contributed by atoms with van der Waals surface area (Å²) in [7, 11) is 0. The molecule has 1 saturated heterocycles. The van der Waals surface area contributed by atoms with E-state index in [0.29, 0.717) is 0 Å². The van der Waals surface area contributed by atoms with E-state index in [0.717, 1.165) is 37.1 Å². The molecule has 2 aromatic rings. The Morgan fingerprint density at radius 1 is 0.958 bits per heavy atom. The first kappa shape index (κ1) is 16.5. The maximum atomic E-state index is 12.8. The molecular weight excluding hydrogens is 298 g/mol. The molecule has 2 heterocycles. The first-order chi connectivity index (χ1) is 11.7. The van der Waals surface area contributed by atoms with Crippen LogP contribution in [-0.2, 0) is 0 Å². The first-order valence-corrected chi connectivity index (χ1v) is 8.76. The van der Waals surface area contributed by atoms with E-state index in [-0.39, 0.29) is 12.1 Å². The fourth-order valence-corrected chi connectivity index (χ4v) is 3.16. The number of rotatable bonds is 3. The van der Waals surface area contributed by atoms with Crippen LogP contribution < -0.4 is 5.32 Å². The highest BCUT2D eigenvalue weighted by molar-refractivity contribution is 5.75. The van der Waals surface area contributed by atoms with Gasteiger partial charge in [0, 0.05) is 25.5 Å². The third-order valence-corrected chi connectivity index (χ3v) is 4.61. The molecule has 0 saturated carbocycles. The van der Waals surface area contributed by atoms with E-state index in [4.69, 9.17) is 0 Å². The Bertz CT molecular complexity index is 646. The standard InChI is InChI=1S/C20H25N3O/c1-16-6-8-17(9-7-16)19(18-10-12-21-13-11-18)22-20(24)23-14-4-2-3-5-15-23/h6-13,19H,2-5,14-15H2,1H3,(H,22,24). The van der Waals surface area contributed by atoms with Crippen LogP contribution in [0.3, 0.4) is 0 Å². The van der Waals surface area contributed by atoms with Crippen LogP contribution in [-0.4, -0.2) is 29.0 Å². The Hall–Kier alpha value is -2.36. The van der Waals surface area contributed by atoms with Gasteiger partial charge < -0.3 is 10.2 Å². The van der Waals surface area contributed by atoms with Gasteiger partial charge in [0.25, 0.3) is 0 Å². The molecule has 1 aliphatic rings. The van der Waals surface area contributed by atoms with Crippen LogP contribution in [0.2, 0.25) is 0 Å². The summed E-state index contributed by atoms with van der Waals surface area (Å²) in [6, 6.07) is 12.2. The van der Waals surface area contributed by atoms with Crippen LogP contribution in [0.1, 0.15) is 48.4 Å². The Morgan fingerprint density at radius 3 is 2.17 bits per heavy atom. The summed E-state index contributed by atoms with van der Waals surface area (Å²) in [5, 5.41) is 3.23. The number of amides is 2. The minimum atomic E-state index is -0.149. The number of aromatic nitrogens is 1. The molecule has 126 valence electrons. The lowest BCUT2D eigenvalue weighted by atomic mass is 9.99. The van der Waals surface area contributed by atoms with Crippen molar-refractivity contribution in [3.63, 3.8) is 0 Å². The third kappa shape index (κ3) is 4.13. The largest absolute Gasteiger partial charge is 0.327 e. The molecule has 1 aliphatic heterocycles. The number of nitrogens with one attached hydrogen (secondary N) is 1. The maximum absolute atomic E-state index is 12.8. The predicted molar refractivity (Wildman–Crippen MR) is 95.8 cm³/mol. The Labute approximate surface area is 143 Å².